The number of nitrogens with two attached hydrogens (primary N) is 1. The van der Waals surface area contributed by atoms with Crippen LogP contribution in [0, 0.1) is 0 Å². The van der Waals surface area contributed by atoms with Crippen molar-refractivity contribution in [2.24, 2.45) is 5.73 Å². The molecule has 0 aromatic heterocycles. The van der Waals surface area contributed by atoms with Gasteiger partial charge in [-0.05, 0) is 48.2 Å². The highest BCUT2D eigenvalue weighted by Crippen LogP contribution is 2.25. The first-order chi connectivity index (χ1) is 16.7. The molecule has 34 heavy (non-hydrogen) atoms. The second kappa shape index (κ2) is 12.5. The number of carbonyl (C=O) groups is 1. The predicted molar refractivity (Wildman–Crippen MR) is 137 cm³/mol. The maximum Gasteiger partial charge on any atom is 0.248 e. The van der Waals surface area contributed by atoms with E-state index in [1.54, 1.807) is 0 Å². The molecule has 1 saturated heterocycles. The third kappa shape index (κ3) is 7.00. The Hall–Kier alpha value is -2.99. The van der Waals surface area contributed by atoms with E-state index in [4.69, 9.17) is 10.5 Å². The average Bonchev–Trinajstić information content (AvgIpc) is 2.89. The summed E-state index contributed by atoms with van der Waals surface area (Å²) < 4.78 is 6.40. The number of hydrogen-bond donors (Lipinski definition) is 1. The third-order valence-corrected chi connectivity index (χ3v) is 6.54. The number of amides is 1. The minimum atomic E-state index is -0.370. The molecule has 1 aliphatic rings. The quantitative estimate of drug-likeness (QED) is 0.470. The van der Waals surface area contributed by atoms with Gasteiger partial charge in [0.15, 0.2) is 0 Å². The summed E-state index contributed by atoms with van der Waals surface area (Å²) >= 11 is 0. The van der Waals surface area contributed by atoms with Gasteiger partial charge in [-0.15, -0.1) is 0 Å². The standard InChI is InChI=1S/C29H35N3O2/c30-29(33)27-15-13-24(14-16-27)8-7-17-31-18-20-32(21-19-31)22-23-34-28(25-9-3-1-4-10-25)26-11-5-2-6-12-26/h1-6,9-16,28H,7-8,17-23H2,(H2,30,33). The molecule has 0 atom stereocenters. The molecule has 178 valence electrons. The minimum absolute atomic E-state index is 0.0271. The predicted octanol–water partition coefficient (Wildman–Crippen LogP) is 4.14. The van der Waals surface area contributed by atoms with Gasteiger partial charge in [-0.1, -0.05) is 72.8 Å². The Labute approximate surface area is 203 Å². The van der Waals surface area contributed by atoms with E-state index in [2.05, 4.69) is 58.3 Å². The lowest BCUT2D eigenvalue weighted by atomic mass is 10.0. The number of primary amides is 1. The molecule has 1 fully saturated rings. The summed E-state index contributed by atoms with van der Waals surface area (Å²) in [5.74, 6) is -0.370. The van der Waals surface area contributed by atoms with Crippen LogP contribution >= 0.6 is 0 Å². The molecule has 0 unspecified atom stereocenters. The van der Waals surface area contributed by atoms with E-state index in [0.717, 1.165) is 58.7 Å². The van der Waals surface area contributed by atoms with Crippen molar-refractivity contribution in [1.82, 2.24) is 9.80 Å². The van der Waals surface area contributed by atoms with Crippen LogP contribution in [0.25, 0.3) is 0 Å². The van der Waals surface area contributed by atoms with Crippen molar-refractivity contribution in [3.8, 4) is 0 Å². The molecule has 3 aromatic carbocycles. The molecular weight excluding hydrogens is 422 g/mol. The average molecular weight is 458 g/mol. The minimum Gasteiger partial charge on any atom is -0.367 e. The zero-order valence-electron chi connectivity index (χ0n) is 19.8. The van der Waals surface area contributed by atoms with Gasteiger partial charge in [0, 0.05) is 38.3 Å². The number of ether oxygens (including phenoxy) is 1. The number of aryl methyl sites for hydroxylation is 1. The first-order valence-corrected chi connectivity index (χ1v) is 12.2. The van der Waals surface area contributed by atoms with E-state index in [9.17, 15) is 4.79 Å². The smallest absolute Gasteiger partial charge is 0.248 e. The van der Waals surface area contributed by atoms with Crippen LogP contribution in [0.3, 0.4) is 0 Å². The molecule has 2 N–H and O–H groups in total. The summed E-state index contributed by atoms with van der Waals surface area (Å²) in [6.07, 6.45) is 2.11. The molecule has 0 bridgehead atoms. The van der Waals surface area contributed by atoms with Crippen molar-refractivity contribution in [3.05, 3.63) is 107 Å². The molecule has 0 aliphatic carbocycles. The molecular formula is C29H35N3O2. The number of piperazine rings is 1. The Morgan fingerprint density at radius 2 is 1.29 bits per heavy atom. The monoisotopic (exact) mass is 457 g/mol. The van der Waals surface area contributed by atoms with Gasteiger partial charge in [0.05, 0.1) is 6.61 Å². The first-order valence-electron chi connectivity index (χ1n) is 12.2. The van der Waals surface area contributed by atoms with E-state index in [-0.39, 0.29) is 12.0 Å². The Morgan fingerprint density at radius 1 is 0.765 bits per heavy atom. The van der Waals surface area contributed by atoms with Gasteiger partial charge < -0.3 is 15.4 Å². The molecule has 5 heteroatoms. The number of hydrogen-bond acceptors (Lipinski definition) is 4. The van der Waals surface area contributed by atoms with Crippen molar-refractivity contribution in [1.29, 1.82) is 0 Å². The molecule has 5 nitrogen and oxygen atoms in total. The Morgan fingerprint density at radius 3 is 1.82 bits per heavy atom. The highest BCUT2D eigenvalue weighted by atomic mass is 16.5. The maximum atomic E-state index is 11.2. The molecule has 3 aromatic rings. The number of benzene rings is 3. The van der Waals surface area contributed by atoms with Crippen LogP contribution < -0.4 is 5.73 Å². The van der Waals surface area contributed by atoms with Crippen LogP contribution in [-0.2, 0) is 11.2 Å². The second-order valence-corrected chi connectivity index (χ2v) is 8.92. The zero-order chi connectivity index (χ0) is 23.6. The lowest BCUT2D eigenvalue weighted by Gasteiger charge is -2.35. The summed E-state index contributed by atoms with van der Waals surface area (Å²) in [6, 6.07) is 28.6. The van der Waals surface area contributed by atoms with Gasteiger partial charge in [-0.25, -0.2) is 0 Å². The Balaban J connectivity index is 1.17. The molecule has 1 aliphatic heterocycles. The fourth-order valence-corrected chi connectivity index (χ4v) is 4.52. The van der Waals surface area contributed by atoms with Gasteiger partial charge in [-0.2, -0.15) is 0 Å². The molecule has 0 saturated carbocycles. The van der Waals surface area contributed by atoms with Gasteiger partial charge in [0.2, 0.25) is 5.91 Å². The summed E-state index contributed by atoms with van der Waals surface area (Å²) in [4.78, 5) is 16.2. The summed E-state index contributed by atoms with van der Waals surface area (Å²) in [6.45, 7) is 7.14. The molecule has 1 amide bonds. The van der Waals surface area contributed by atoms with Crippen molar-refractivity contribution in [2.45, 2.75) is 18.9 Å². The fraction of sp³-hybridized carbons (Fsp3) is 0.345. The van der Waals surface area contributed by atoms with Crippen LogP contribution in [0.15, 0.2) is 84.9 Å². The second-order valence-electron chi connectivity index (χ2n) is 8.92. The van der Waals surface area contributed by atoms with Crippen LogP contribution in [0.1, 0.15) is 39.6 Å². The van der Waals surface area contributed by atoms with Gasteiger partial charge in [0.25, 0.3) is 0 Å². The number of rotatable bonds is 11. The first kappa shape index (κ1) is 24.1. The summed E-state index contributed by atoms with van der Waals surface area (Å²) in [7, 11) is 0. The SMILES string of the molecule is NC(=O)c1ccc(CCCN2CCN(CCOC(c3ccccc3)c3ccccc3)CC2)cc1. The zero-order valence-corrected chi connectivity index (χ0v) is 19.8. The number of carbonyl (C=O) groups excluding carboxylic acids is 1. The van der Waals surface area contributed by atoms with Crippen molar-refractivity contribution < 1.29 is 9.53 Å². The van der Waals surface area contributed by atoms with E-state index in [1.165, 1.54) is 16.7 Å². The van der Waals surface area contributed by atoms with E-state index in [0.29, 0.717) is 5.56 Å². The molecule has 0 spiro atoms. The highest BCUT2D eigenvalue weighted by Gasteiger charge is 2.18. The van der Waals surface area contributed by atoms with Crippen LogP contribution in [0.4, 0.5) is 0 Å². The third-order valence-electron chi connectivity index (χ3n) is 6.54. The lowest BCUT2D eigenvalue weighted by Crippen LogP contribution is -2.47. The Kier molecular flexibility index (Phi) is 8.85. The summed E-state index contributed by atoms with van der Waals surface area (Å²) in [5, 5.41) is 0. The number of nitrogens with zero attached hydrogens (tertiary/aromatic N) is 2. The van der Waals surface area contributed by atoms with Crippen LogP contribution in [-0.4, -0.2) is 61.6 Å². The topological polar surface area (TPSA) is 58.8 Å². The normalized spacial score (nSPS) is 15.0. The highest BCUT2D eigenvalue weighted by molar-refractivity contribution is 5.92. The van der Waals surface area contributed by atoms with Crippen LogP contribution in [0.5, 0.6) is 0 Å². The molecule has 4 rings (SSSR count). The Bertz CT molecular complexity index is 961. The molecule has 0 radical (unpaired) electrons. The van der Waals surface area contributed by atoms with Gasteiger partial charge >= 0.3 is 0 Å². The fourth-order valence-electron chi connectivity index (χ4n) is 4.52. The van der Waals surface area contributed by atoms with Crippen LogP contribution in [0.2, 0.25) is 0 Å². The largest absolute Gasteiger partial charge is 0.367 e. The van der Waals surface area contributed by atoms with E-state index >= 15 is 0 Å². The van der Waals surface area contributed by atoms with Gasteiger partial charge in [-0.3, -0.25) is 9.69 Å². The molecule has 1 heterocycles. The lowest BCUT2D eigenvalue weighted by molar-refractivity contribution is 0.0451. The summed E-state index contributed by atoms with van der Waals surface area (Å²) in [5.41, 5.74) is 9.54. The van der Waals surface area contributed by atoms with Crippen molar-refractivity contribution in [3.63, 3.8) is 0 Å². The van der Waals surface area contributed by atoms with Gasteiger partial charge in [0.1, 0.15) is 6.10 Å². The van der Waals surface area contributed by atoms with Crippen molar-refractivity contribution >= 4 is 5.91 Å². The van der Waals surface area contributed by atoms with Crippen molar-refractivity contribution in [2.75, 3.05) is 45.9 Å². The van der Waals surface area contributed by atoms with E-state index < -0.39 is 0 Å². The maximum absolute atomic E-state index is 11.2. The van der Waals surface area contributed by atoms with E-state index in [1.807, 2.05) is 36.4 Å².